The molecular formula is C12H39BF4N8P4. The third-order valence-electron chi connectivity index (χ3n) is 4.11. The molecule has 1 unspecified atom stereocenters. The Morgan fingerprint density at radius 3 is 1.10 bits per heavy atom. The summed E-state index contributed by atoms with van der Waals surface area (Å²) in [5.41, 5.74) is 0. The first-order chi connectivity index (χ1) is 12.9. The van der Waals surface area contributed by atoms with Crippen molar-refractivity contribution in [1.82, 2.24) is 28.0 Å². The maximum Gasteiger partial charge on any atom is 0.673 e. The van der Waals surface area contributed by atoms with Gasteiger partial charge in [-0.3, -0.25) is 0 Å². The molecule has 0 aromatic rings. The van der Waals surface area contributed by atoms with Gasteiger partial charge in [0.1, 0.15) is 0 Å². The van der Waals surface area contributed by atoms with E-state index in [-0.39, 0.29) is 0 Å². The summed E-state index contributed by atoms with van der Waals surface area (Å²) in [5, 5.41) is 0. The van der Waals surface area contributed by atoms with Gasteiger partial charge in [-0.1, -0.05) is 0 Å². The molecule has 0 saturated carbocycles. The maximum atomic E-state index is 9.75. The van der Waals surface area contributed by atoms with Crippen molar-refractivity contribution in [3.63, 3.8) is 0 Å². The summed E-state index contributed by atoms with van der Waals surface area (Å²) in [6.45, 7) is 0. The third kappa shape index (κ3) is 7.67. The van der Waals surface area contributed by atoms with Gasteiger partial charge in [0, 0.05) is 0 Å². The fourth-order valence-corrected chi connectivity index (χ4v) is 20.8. The first kappa shape index (κ1) is 31.9. The zero-order valence-corrected chi connectivity index (χ0v) is 23.5. The van der Waals surface area contributed by atoms with Crippen LogP contribution in [-0.2, 0) is 0 Å². The molecule has 0 aliphatic heterocycles. The van der Waals surface area contributed by atoms with E-state index in [1.165, 1.54) is 0 Å². The van der Waals surface area contributed by atoms with E-state index in [9.17, 15) is 17.3 Å². The first-order valence-electron chi connectivity index (χ1n) is 8.60. The predicted molar refractivity (Wildman–Crippen MR) is 127 cm³/mol. The minimum atomic E-state index is -6.00. The second kappa shape index (κ2) is 12.7. The molecule has 0 saturated heterocycles. The molecule has 0 radical (unpaired) electrons. The zero-order chi connectivity index (χ0) is 24.0. The number of hydrogen-bond acceptors (Lipinski definition) is 4. The van der Waals surface area contributed by atoms with Gasteiger partial charge in [-0.25, -0.2) is 0 Å². The minimum absolute atomic E-state index is 0.298. The minimum Gasteiger partial charge on any atom is -0.418 e. The molecule has 0 heterocycles. The molecule has 1 atom stereocenters. The van der Waals surface area contributed by atoms with Gasteiger partial charge in [-0.15, -0.1) is 0 Å². The SMILES string of the molecule is CN(C)P(N(C)C)(N(C)C)=[N+](PN=P)[PH](N(C)C)(N(C)C)N(C)C.F[B-](F)(F)F. The smallest absolute Gasteiger partial charge is 0.418 e. The van der Waals surface area contributed by atoms with Crippen LogP contribution >= 0.6 is 33.3 Å². The van der Waals surface area contributed by atoms with Crippen LogP contribution in [0.4, 0.5) is 17.3 Å². The van der Waals surface area contributed by atoms with Crippen molar-refractivity contribution in [1.29, 1.82) is 0 Å². The van der Waals surface area contributed by atoms with Crippen LogP contribution in [0.5, 0.6) is 0 Å². The monoisotopic (exact) mass is 506 g/mol. The largest absolute Gasteiger partial charge is 0.673 e. The predicted octanol–water partition coefficient (Wildman–Crippen LogP) is 3.86. The van der Waals surface area contributed by atoms with E-state index in [1.54, 1.807) is 0 Å². The molecule has 0 amide bonds. The zero-order valence-electron chi connectivity index (χ0n) is 19.6. The summed E-state index contributed by atoms with van der Waals surface area (Å²) in [4.78, 5) is 0. The molecule has 178 valence electrons. The Hall–Kier alpha value is 0.735. The molecule has 0 aromatic heterocycles. The van der Waals surface area contributed by atoms with Crippen LogP contribution in [0.2, 0.25) is 0 Å². The molecular weight excluding hydrogens is 467 g/mol. The van der Waals surface area contributed by atoms with Crippen molar-refractivity contribution >= 4 is 40.5 Å². The second-order valence-electron chi connectivity index (χ2n) is 7.38. The quantitative estimate of drug-likeness (QED) is 0.269. The van der Waals surface area contributed by atoms with Crippen molar-refractivity contribution in [3.8, 4) is 0 Å². The van der Waals surface area contributed by atoms with Gasteiger partial charge in [-0.05, 0) is 0 Å². The Kier molecular flexibility index (Phi) is 14.0. The fraction of sp³-hybridized carbons (Fsp3) is 1.00. The first-order valence-corrected chi connectivity index (χ1v) is 13.3. The van der Waals surface area contributed by atoms with Crippen molar-refractivity contribution in [2.75, 3.05) is 84.6 Å². The molecule has 0 aliphatic rings. The van der Waals surface area contributed by atoms with E-state index in [0.717, 1.165) is 0 Å². The summed E-state index contributed by atoms with van der Waals surface area (Å²) in [7, 11) is 19.4. The van der Waals surface area contributed by atoms with Gasteiger partial charge in [0.2, 0.25) is 0 Å². The van der Waals surface area contributed by atoms with Crippen molar-refractivity contribution in [2.45, 2.75) is 0 Å². The molecule has 0 spiro atoms. The van der Waals surface area contributed by atoms with Gasteiger partial charge in [-0.2, -0.15) is 0 Å². The number of rotatable bonds is 9. The van der Waals surface area contributed by atoms with Crippen LogP contribution in [-0.4, -0.2) is 124 Å². The van der Waals surface area contributed by atoms with E-state index in [0.29, 0.717) is 8.88 Å². The van der Waals surface area contributed by atoms with Crippen LogP contribution in [0.3, 0.4) is 0 Å². The Labute approximate surface area is 179 Å². The average molecular weight is 506 g/mol. The number of hydrogen-bond donors (Lipinski definition) is 0. The van der Waals surface area contributed by atoms with Crippen molar-refractivity contribution < 1.29 is 21.1 Å². The molecule has 0 aliphatic carbocycles. The number of nitrogens with zero attached hydrogens (tertiary/aromatic N) is 8. The van der Waals surface area contributed by atoms with E-state index in [2.05, 4.69) is 130 Å². The van der Waals surface area contributed by atoms with Gasteiger partial charge in [0.05, 0.1) is 0 Å². The van der Waals surface area contributed by atoms with Gasteiger partial charge in [0.25, 0.3) is 0 Å². The van der Waals surface area contributed by atoms with E-state index < -0.39 is 22.6 Å². The Balaban J connectivity index is 0. The van der Waals surface area contributed by atoms with E-state index in [1.807, 2.05) is 0 Å². The standard InChI is InChI=1S/C12H39N8P4.BF4/c1-14(2)23(15(3)4,16(5)6)20(22-13-21)24(17(7)8,18(9)10)19(11)12;2-1(3,4)5/h21-23H,1-12H3;/q+1;-1. The Morgan fingerprint density at radius 2 is 0.966 bits per heavy atom. The number of halogens is 4. The second-order valence-corrected chi connectivity index (χ2v) is 18.3. The van der Waals surface area contributed by atoms with E-state index in [4.69, 9.17) is 0 Å². The molecule has 0 bridgehead atoms. The summed E-state index contributed by atoms with van der Waals surface area (Å²) >= 11 is 0. The van der Waals surface area contributed by atoms with E-state index >= 15 is 0 Å². The summed E-state index contributed by atoms with van der Waals surface area (Å²) < 4.78 is 60.2. The molecule has 8 nitrogen and oxygen atoms in total. The topological polar surface area (TPSA) is 34.8 Å². The van der Waals surface area contributed by atoms with Crippen LogP contribution < -0.4 is 0 Å². The third-order valence-corrected chi connectivity index (χ3v) is 16.5. The molecule has 0 rings (SSSR count). The van der Waals surface area contributed by atoms with Crippen LogP contribution in [0.25, 0.3) is 0 Å². The summed E-state index contributed by atoms with van der Waals surface area (Å²) in [6.07, 6.45) is 0. The fourth-order valence-electron chi connectivity index (χ4n) is 3.73. The van der Waals surface area contributed by atoms with Gasteiger partial charge < -0.3 is 17.3 Å². The Morgan fingerprint density at radius 1 is 0.724 bits per heavy atom. The van der Waals surface area contributed by atoms with Crippen LogP contribution in [0, 0.1) is 0 Å². The molecule has 0 aromatic carbocycles. The summed E-state index contributed by atoms with van der Waals surface area (Å²) in [5.74, 6) is 0. The maximum absolute atomic E-state index is 9.75. The summed E-state index contributed by atoms with van der Waals surface area (Å²) in [6, 6.07) is 0. The van der Waals surface area contributed by atoms with Gasteiger partial charge in [0.15, 0.2) is 0 Å². The van der Waals surface area contributed by atoms with Crippen LogP contribution in [0.15, 0.2) is 4.52 Å². The normalized spacial score (nSPS) is 14.6. The van der Waals surface area contributed by atoms with Gasteiger partial charge >= 0.3 is 162 Å². The van der Waals surface area contributed by atoms with Crippen molar-refractivity contribution in [3.05, 3.63) is 0 Å². The average Bonchev–Trinajstić information content (AvgIpc) is 2.44. The van der Waals surface area contributed by atoms with Crippen molar-refractivity contribution in [2.24, 2.45) is 4.52 Å². The molecule has 0 N–H and O–H groups in total. The molecule has 17 heteroatoms. The van der Waals surface area contributed by atoms with Crippen LogP contribution in [0.1, 0.15) is 0 Å². The molecule has 0 fully saturated rings. The molecule has 29 heavy (non-hydrogen) atoms. The Bertz CT molecular complexity index is 516.